The Morgan fingerprint density at radius 2 is 2.33 bits per heavy atom. The summed E-state index contributed by atoms with van der Waals surface area (Å²) in [6, 6.07) is 5.97. The Bertz CT molecular complexity index is 800. The molecule has 1 unspecified atom stereocenters. The molecule has 2 amide bonds. The van der Waals surface area contributed by atoms with E-state index in [1.54, 1.807) is 7.11 Å². The van der Waals surface area contributed by atoms with Crippen LogP contribution < -0.4 is 10.1 Å². The number of hydrogen-bond donors (Lipinski definition) is 2. The van der Waals surface area contributed by atoms with E-state index in [1.165, 1.54) is 11.1 Å². The zero-order valence-electron chi connectivity index (χ0n) is 15.5. The second kappa shape index (κ2) is 7.96. The topological polar surface area (TPSA) is 92.4 Å². The van der Waals surface area contributed by atoms with Crippen molar-refractivity contribution in [1.82, 2.24) is 25.4 Å². The molecule has 8 nitrogen and oxygen atoms in total. The normalized spacial score (nSPS) is 19.4. The van der Waals surface area contributed by atoms with Crippen molar-refractivity contribution in [3.8, 4) is 5.75 Å². The summed E-state index contributed by atoms with van der Waals surface area (Å²) >= 11 is 0. The third-order valence-electron chi connectivity index (χ3n) is 5.11. The molecule has 3 heterocycles. The van der Waals surface area contributed by atoms with Gasteiger partial charge in [0.05, 0.1) is 13.7 Å². The third-order valence-corrected chi connectivity index (χ3v) is 5.11. The number of aromatic nitrogens is 3. The average Bonchev–Trinajstić information content (AvgIpc) is 3.33. The Kier molecular flexibility index (Phi) is 5.24. The molecular weight excluding hydrogens is 346 g/mol. The number of nitrogens with one attached hydrogen (secondary N) is 2. The number of urea groups is 1. The number of ether oxygens (including phenoxy) is 2. The van der Waals surface area contributed by atoms with Gasteiger partial charge in [0, 0.05) is 19.7 Å². The van der Waals surface area contributed by atoms with Gasteiger partial charge >= 0.3 is 6.03 Å². The summed E-state index contributed by atoms with van der Waals surface area (Å²) in [6.45, 7) is 2.40. The van der Waals surface area contributed by atoms with Crippen molar-refractivity contribution in [3.63, 3.8) is 0 Å². The molecule has 0 bridgehead atoms. The van der Waals surface area contributed by atoms with Crippen molar-refractivity contribution in [1.29, 1.82) is 0 Å². The van der Waals surface area contributed by atoms with Crippen LogP contribution in [0.1, 0.15) is 48.1 Å². The minimum absolute atomic E-state index is 0.0233. The van der Waals surface area contributed by atoms with Gasteiger partial charge in [0.15, 0.2) is 5.82 Å². The second-order valence-corrected chi connectivity index (χ2v) is 6.96. The zero-order chi connectivity index (χ0) is 18.6. The molecule has 0 spiro atoms. The summed E-state index contributed by atoms with van der Waals surface area (Å²) in [5.41, 5.74) is 2.42. The van der Waals surface area contributed by atoms with E-state index in [0.717, 1.165) is 44.6 Å². The van der Waals surface area contributed by atoms with Gasteiger partial charge in [0.2, 0.25) is 0 Å². The van der Waals surface area contributed by atoms with Gasteiger partial charge in [-0.05, 0) is 48.9 Å². The number of methoxy groups -OCH3 is 1. The summed E-state index contributed by atoms with van der Waals surface area (Å²) in [7, 11) is 1.67. The highest BCUT2D eigenvalue weighted by Crippen LogP contribution is 2.26. The first kappa shape index (κ1) is 17.8. The van der Waals surface area contributed by atoms with E-state index in [9.17, 15) is 4.79 Å². The van der Waals surface area contributed by atoms with E-state index < -0.39 is 0 Å². The number of hydrogen-bond acceptors (Lipinski definition) is 5. The van der Waals surface area contributed by atoms with Gasteiger partial charge in [-0.2, -0.15) is 5.10 Å². The van der Waals surface area contributed by atoms with Crippen LogP contribution in [0.4, 0.5) is 4.79 Å². The fourth-order valence-corrected chi connectivity index (χ4v) is 3.62. The van der Waals surface area contributed by atoms with Crippen LogP contribution in [0.25, 0.3) is 0 Å². The zero-order valence-corrected chi connectivity index (χ0v) is 15.5. The molecule has 2 aliphatic heterocycles. The molecule has 144 valence electrons. The van der Waals surface area contributed by atoms with Gasteiger partial charge in [-0.1, -0.05) is 6.07 Å². The quantitative estimate of drug-likeness (QED) is 0.860. The first-order chi connectivity index (χ1) is 13.2. The molecule has 2 N–H and O–H groups in total. The summed E-state index contributed by atoms with van der Waals surface area (Å²) in [4.78, 5) is 18.9. The first-order valence-corrected chi connectivity index (χ1v) is 9.44. The molecule has 8 heteroatoms. The number of carbonyl (C=O) groups is 1. The Morgan fingerprint density at radius 1 is 1.41 bits per heavy atom. The molecule has 0 aliphatic carbocycles. The Morgan fingerprint density at radius 3 is 3.15 bits per heavy atom. The number of aromatic amines is 1. The maximum atomic E-state index is 12.6. The van der Waals surface area contributed by atoms with Gasteiger partial charge in [-0.25, -0.2) is 9.78 Å². The molecule has 1 aromatic heterocycles. The number of rotatable bonds is 4. The molecule has 2 aliphatic rings. The van der Waals surface area contributed by atoms with Crippen LogP contribution >= 0.6 is 0 Å². The van der Waals surface area contributed by atoms with Crippen LogP contribution in [0, 0.1) is 0 Å². The lowest BCUT2D eigenvalue weighted by atomic mass is 10.0. The SMILES string of the molecule is COc1ccc2c(c1)CCCN(C(=O)NCc1nc(C3CCCO3)n[nH]1)C2. The minimum atomic E-state index is -0.0891. The molecule has 1 aromatic carbocycles. The van der Waals surface area contributed by atoms with Gasteiger partial charge in [-0.15, -0.1) is 0 Å². The van der Waals surface area contributed by atoms with E-state index in [1.807, 2.05) is 17.0 Å². The van der Waals surface area contributed by atoms with E-state index in [-0.39, 0.29) is 12.1 Å². The first-order valence-electron chi connectivity index (χ1n) is 9.44. The lowest BCUT2D eigenvalue weighted by molar-refractivity contribution is 0.105. The third kappa shape index (κ3) is 4.05. The van der Waals surface area contributed by atoms with Crippen LogP contribution in [-0.2, 0) is 24.2 Å². The number of benzene rings is 1. The summed E-state index contributed by atoms with van der Waals surface area (Å²) in [6.07, 6.45) is 3.84. The van der Waals surface area contributed by atoms with Crippen LogP contribution in [-0.4, -0.2) is 46.4 Å². The Balaban J connectivity index is 1.35. The maximum absolute atomic E-state index is 12.6. The number of fused-ring (bicyclic) bond motifs is 1. The Labute approximate surface area is 158 Å². The van der Waals surface area contributed by atoms with Crippen LogP contribution in [0.2, 0.25) is 0 Å². The lowest BCUT2D eigenvalue weighted by Gasteiger charge is -2.21. The largest absolute Gasteiger partial charge is 0.497 e. The monoisotopic (exact) mass is 371 g/mol. The van der Waals surface area contributed by atoms with Crippen LogP contribution in [0.5, 0.6) is 5.75 Å². The molecule has 0 saturated carbocycles. The predicted octanol–water partition coefficient (Wildman–Crippen LogP) is 2.32. The number of carbonyl (C=O) groups excluding carboxylic acids is 1. The van der Waals surface area contributed by atoms with E-state index in [0.29, 0.717) is 24.7 Å². The van der Waals surface area contributed by atoms with Crippen molar-refractivity contribution in [2.24, 2.45) is 0 Å². The minimum Gasteiger partial charge on any atom is -0.497 e. The molecule has 2 aromatic rings. The molecule has 1 atom stereocenters. The second-order valence-electron chi connectivity index (χ2n) is 6.96. The smallest absolute Gasteiger partial charge is 0.318 e. The van der Waals surface area contributed by atoms with E-state index in [2.05, 4.69) is 26.6 Å². The maximum Gasteiger partial charge on any atom is 0.318 e. The highest BCUT2D eigenvalue weighted by atomic mass is 16.5. The molecular formula is C19H25N5O3. The number of aryl methyl sites for hydroxylation is 1. The van der Waals surface area contributed by atoms with E-state index >= 15 is 0 Å². The highest BCUT2D eigenvalue weighted by molar-refractivity contribution is 5.74. The number of H-pyrrole nitrogens is 1. The predicted molar refractivity (Wildman–Crippen MR) is 98.3 cm³/mol. The molecule has 27 heavy (non-hydrogen) atoms. The average molecular weight is 371 g/mol. The van der Waals surface area contributed by atoms with Gasteiger partial charge in [-0.3, -0.25) is 5.10 Å². The van der Waals surface area contributed by atoms with Crippen LogP contribution in [0.15, 0.2) is 18.2 Å². The van der Waals surface area contributed by atoms with Crippen molar-refractivity contribution < 1.29 is 14.3 Å². The highest BCUT2D eigenvalue weighted by Gasteiger charge is 2.23. The number of amides is 2. The fourth-order valence-electron chi connectivity index (χ4n) is 3.62. The van der Waals surface area contributed by atoms with Gasteiger partial charge in [0.1, 0.15) is 17.7 Å². The van der Waals surface area contributed by atoms with Gasteiger partial charge < -0.3 is 19.7 Å². The fraction of sp³-hybridized carbons (Fsp3) is 0.526. The number of nitrogens with zero attached hydrogens (tertiary/aromatic N) is 3. The van der Waals surface area contributed by atoms with E-state index in [4.69, 9.17) is 9.47 Å². The van der Waals surface area contributed by atoms with Gasteiger partial charge in [0.25, 0.3) is 0 Å². The summed E-state index contributed by atoms with van der Waals surface area (Å²) < 4.78 is 10.9. The lowest BCUT2D eigenvalue weighted by Crippen LogP contribution is -2.39. The van der Waals surface area contributed by atoms with Crippen molar-refractivity contribution >= 4 is 6.03 Å². The van der Waals surface area contributed by atoms with Crippen molar-refractivity contribution in [2.45, 2.75) is 44.9 Å². The Hall–Kier alpha value is -2.61. The summed E-state index contributed by atoms with van der Waals surface area (Å²) in [5, 5.41) is 10.0. The molecule has 0 radical (unpaired) electrons. The molecule has 1 fully saturated rings. The molecule has 4 rings (SSSR count). The van der Waals surface area contributed by atoms with Crippen LogP contribution in [0.3, 0.4) is 0 Å². The van der Waals surface area contributed by atoms with Crippen molar-refractivity contribution in [3.05, 3.63) is 41.0 Å². The van der Waals surface area contributed by atoms with Crippen molar-refractivity contribution in [2.75, 3.05) is 20.3 Å². The standard InChI is InChI=1S/C19H25N5O3/c1-26-15-7-6-14-12-24(8-2-4-13(14)10-15)19(25)20-11-17-21-18(23-22-17)16-5-3-9-27-16/h6-7,10,16H,2-5,8-9,11-12H2,1H3,(H,20,25)(H,21,22,23). The summed E-state index contributed by atoms with van der Waals surface area (Å²) in [5.74, 6) is 2.18. The molecule has 1 saturated heterocycles.